The van der Waals surface area contributed by atoms with Crippen molar-refractivity contribution < 1.29 is 4.74 Å². The Balaban J connectivity index is 2.16. The van der Waals surface area contributed by atoms with Crippen molar-refractivity contribution in [2.45, 2.75) is 19.6 Å². The Morgan fingerprint density at radius 3 is 2.89 bits per heavy atom. The number of nitrogens with two attached hydrogens (primary N) is 1. The lowest BCUT2D eigenvalue weighted by Gasteiger charge is -2.14. The molecular formula is C13H16BrN3O. The lowest BCUT2D eigenvalue weighted by Crippen LogP contribution is -2.09. The molecule has 0 aliphatic carbocycles. The van der Waals surface area contributed by atoms with Crippen molar-refractivity contribution in [1.82, 2.24) is 9.55 Å². The first-order valence-electron chi connectivity index (χ1n) is 5.71. The van der Waals surface area contributed by atoms with Crippen molar-refractivity contribution in [1.29, 1.82) is 0 Å². The predicted molar refractivity (Wildman–Crippen MR) is 74.3 cm³/mol. The Morgan fingerprint density at radius 1 is 1.50 bits per heavy atom. The van der Waals surface area contributed by atoms with E-state index in [1.54, 1.807) is 12.5 Å². The van der Waals surface area contributed by atoms with Crippen molar-refractivity contribution in [3.05, 3.63) is 46.5 Å². The van der Waals surface area contributed by atoms with Gasteiger partial charge >= 0.3 is 0 Å². The Kier molecular flexibility index (Phi) is 4.04. The van der Waals surface area contributed by atoms with E-state index >= 15 is 0 Å². The van der Waals surface area contributed by atoms with Crippen LogP contribution in [0.25, 0.3) is 0 Å². The Morgan fingerprint density at radius 2 is 2.28 bits per heavy atom. The summed E-state index contributed by atoms with van der Waals surface area (Å²) in [5.74, 6) is 0.814. The molecule has 1 aromatic heterocycles. The summed E-state index contributed by atoms with van der Waals surface area (Å²) >= 11 is 3.44. The lowest BCUT2D eigenvalue weighted by molar-refractivity contribution is 0.292. The average molecular weight is 310 g/mol. The molecule has 5 heteroatoms. The fourth-order valence-corrected chi connectivity index (χ4v) is 2.06. The zero-order valence-corrected chi connectivity index (χ0v) is 12.0. The van der Waals surface area contributed by atoms with Crippen LogP contribution in [0.3, 0.4) is 0 Å². The minimum atomic E-state index is -0.0657. The highest BCUT2D eigenvalue weighted by Gasteiger charge is 2.09. The average Bonchev–Trinajstić information content (AvgIpc) is 2.73. The van der Waals surface area contributed by atoms with Crippen molar-refractivity contribution in [2.24, 2.45) is 12.8 Å². The number of halogens is 1. The second-order valence-electron chi connectivity index (χ2n) is 4.26. The standard InChI is InChI=1S/C13H16BrN3O/c1-9(15)12-5-10(14)3-4-13(12)18-7-11-6-16-8-17(11)2/h3-6,8-9H,7,15H2,1-2H3/t9-/m1/s1. The number of hydrogen-bond acceptors (Lipinski definition) is 3. The molecule has 1 aromatic carbocycles. The van der Waals surface area contributed by atoms with Gasteiger partial charge in [0.25, 0.3) is 0 Å². The molecule has 0 spiro atoms. The van der Waals surface area contributed by atoms with Gasteiger partial charge in [0.1, 0.15) is 12.4 Å². The second kappa shape index (κ2) is 5.54. The summed E-state index contributed by atoms with van der Waals surface area (Å²) in [5.41, 5.74) is 7.96. The maximum atomic E-state index is 5.94. The molecule has 0 aliphatic rings. The van der Waals surface area contributed by atoms with Gasteiger partial charge in [-0.25, -0.2) is 4.98 Å². The third-order valence-corrected chi connectivity index (χ3v) is 3.25. The van der Waals surface area contributed by atoms with Crippen LogP contribution < -0.4 is 10.5 Å². The molecule has 0 aliphatic heterocycles. The largest absolute Gasteiger partial charge is 0.487 e. The first-order chi connectivity index (χ1) is 8.58. The van der Waals surface area contributed by atoms with Gasteiger partial charge in [-0.05, 0) is 25.1 Å². The van der Waals surface area contributed by atoms with Gasteiger partial charge in [-0.3, -0.25) is 0 Å². The molecule has 96 valence electrons. The molecule has 0 fully saturated rings. The molecule has 2 N–H and O–H groups in total. The maximum Gasteiger partial charge on any atom is 0.130 e. The number of benzene rings is 1. The number of rotatable bonds is 4. The molecule has 1 atom stereocenters. The SMILES string of the molecule is C[C@@H](N)c1cc(Br)ccc1OCc1cncn1C. The first kappa shape index (κ1) is 13.1. The highest BCUT2D eigenvalue weighted by Crippen LogP contribution is 2.28. The third-order valence-electron chi connectivity index (χ3n) is 2.75. The van der Waals surface area contributed by atoms with E-state index in [0.717, 1.165) is 21.5 Å². The van der Waals surface area contributed by atoms with Crippen LogP contribution in [0.5, 0.6) is 5.75 Å². The van der Waals surface area contributed by atoms with E-state index in [1.165, 1.54) is 0 Å². The number of ether oxygens (including phenoxy) is 1. The molecule has 0 radical (unpaired) electrons. The van der Waals surface area contributed by atoms with Crippen molar-refractivity contribution in [2.75, 3.05) is 0 Å². The van der Waals surface area contributed by atoms with E-state index < -0.39 is 0 Å². The Hall–Kier alpha value is -1.33. The van der Waals surface area contributed by atoms with Gasteiger partial charge in [-0.15, -0.1) is 0 Å². The molecule has 2 aromatic rings. The smallest absolute Gasteiger partial charge is 0.130 e. The van der Waals surface area contributed by atoms with E-state index in [-0.39, 0.29) is 6.04 Å². The van der Waals surface area contributed by atoms with E-state index in [9.17, 15) is 0 Å². The van der Waals surface area contributed by atoms with Crippen LogP contribution in [0.4, 0.5) is 0 Å². The molecule has 0 unspecified atom stereocenters. The summed E-state index contributed by atoms with van der Waals surface area (Å²) < 4.78 is 8.75. The number of imidazole rings is 1. The molecule has 1 heterocycles. The maximum absolute atomic E-state index is 5.94. The minimum Gasteiger partial charge on any atom is -0.487 e. The van der Waals surface area contributed by atoms with Crippen LogP contribution in [0.15, 0.2) is 35.2 Å². The predicted octanol–water partition coefficient (Wildman–Crippen LogP) is 2.78. The number of aryl methyl sites for hydroxylation is 1. The summed E-state index contributed by atoms with van der Waals surface area (Å²) in [6.07, 6.45) is 3.55. The van der Waals surface area contributed by atoms with Crippen LogP contribution in [0.2, 0.25) is 0 Å². The summed E-state index contributed by atoms with van der Waals surface area (Å²) in [6.45, 7) is 2.43. The molecule has 0 amide bonds. The highest BCUT2D eigenvalue weighted by atomic mass is 79.9. The number of nitrogens with zero attached hydrogens (tertiary/aromatic N) is 2. The molecule has 0 saturated carbocycles. The molecule has 2 rings (SSSR count). The summed E-state index contributed by atoms with van der Waals surface area (Å²) in [4.78, 5) is 4.06. The first-order valence-corrected chi connectivity index (χ1v) is 6.50. The van der Waals surface area contributed by atoms with Crippen molar-refractivity contribution >= 4 is 15.9 Å². The van der Waals surface area contributed by atoms with Crippen LogP contribution in [-0.4, -0.2) is 9.55 Å². The Bertz CT molecular complexity index is 537. The van der Waals surface area contributed by atoms with Crippen LogP contribution in [0, 0.1) is 0 Å². The third kappa shape index (κ3) is 2.91. The summed E-state index contributed by atoms with van der Waals surface area (Å²) in [7, 11) is 1.94. The fourth-order valence-electron chi connectivity index (χ4n) is 1.68. The second-order valence-corrected chi connectivity index (χ2v) is 5.17. The van der Waals surface area contributed by atoms with Crippen molar-refractivity contribution in [3.8, 4) is 5.75 Å². The normalized spacial score (nSPS) is 12.4. The zero-order chi connectivity index (χ0) is 13.1. The van der Waals surface area contributed by atoms with Crippen LogP contribution in [-0.2, 0) is 13.7 Å². The fraction of sp³-hybridized carbons (Fsp3) is 0.308. The van der Waals surface area contributed by atoms with Gasteiger partial charge in [0.15, 0.2) is 0 Å². The molecule has 4 nitrogen and oxygen atoms in total. The van der Waals surface area contributed by atoms with Gasteiger partial charge in [0.2, 0.25) is 0 Å². The molecule has 0 saturated heterocycles. The van der Waals surface area contributed by atoms with Gasteiger partial charge in [-0.1, -0.05) is 15.9 Å². The Labute approximate surface area is 115 Å². The molecular weight excluding hydrogens is 294 g/mol. The summed E-state index contributed by atoms with van der Waals surface area (Å²) in [6, 6.07) is 5.80. The quantitative estimate of drug-likeness (QED) is 0.945. The monoisotopic (exact) mass is 309 g/mol. The van der Waals surface area contributed by atoms with Crippen LogP contribution >= 0.6 is 15.9 Å². The molecule has 0 bridgehead atoms. The van der Waals surface area contributed by atoms with Gasteiger partial charge in [-0.2, -0.15) is 0 Å². The van der Waals surface area contributed by atoms with E-state index in [1.807, 2.05) is 36.7 Å². The van der Waals surface area contributed by atoms with E-state index in [4.69, 9.17) is 10.5 Å². The van der Waals surface area contributed by atoms with Crippen molar-refractivity contribution in [3.63, 3.8) is 0 Å². The minimum absolute atomic E-state index is 0.0657. The molecule has 18 heavy (non-hydrogen) atoms. The van der Waals surface area contributed by atoms with Gasteiger partial charge in [0, 0.05) is 23.1 Å². The summed E-state index contributed by atoms with van der Waals surface area (Å²) in [5, 5.41) is 0. The van der Waals surface area contributed by atoms with E-state index in [2.05, 4.69) is 20.9 Å². The topological polar surface area (TPSA) is 53.1 Å². The number of hydrogen-bond donors (Lipinski definition) is 1. The lowest BCUT2D eigenvalue weighted by atomic mass is 10.1. The number of aromatic nitrogens is 2. The van der Waals surface area contributed by atoms with E-state index in [0.29, 0.717) is 6.61 Å². The van der Waals surface area contributed by atoms with Crippen LogP contribution in [0.1, 0.15) is 24.2 Å². The zero-order valence-electron chi connectivity index (χ0n) is 10.4. The highest BCUT2D eigenvalue weighted by molar-refractivity contribution is 9.10. The van der Waals surface area contributed by atoms with Gasteiger partial charge in [0.05, 0.1) is 18.2 Å². The van der Waals surface area contributed by atoms with Gasteiger partial charge < -0.3 is 15.0 Å².